The maximum absolute atomic E-state index is 13.3. The maximum Gasteiger partial charge on any atom is 0.243 e. The summed E-state index contributed by atoms with van der Waals surface area (Å²) in [4.78, 5) is 22.9. The van der Waals surface area contributed by atoms with Crippen LogP contribution in [0.1, 0.15) is 32.6 Å². The molecule has 1 aromatic rings. The smallest absolute Gasteiger partial charge is 0.243 e. The molecule has 1 rings (SSSR count). The molecule has 2 N–H and O–H groups in total. The Balaban J connectivity index is 2.44. The van der Waals surface area contributed by atoms with Gasteiger partial charge in [0.15, 0.2) is 17.5 Å². The second-order valence-corrected chi connectivity index (χ2v) is 4.50. The van der Waals surface area contributed by atoms with Gasteiger partial charge in [-0.2, -0.15) is 0 Å². The Hall–Kier alpha value is -2.05. The van der Waals surface area contributed by atoms with Gasteiger partial charge in [-0.15, -0.1) is 0 Å². The Morgan fingerprint density at radius 2 is 1.76 bits per heavy atom. The van der Waals surface area contributed by atoms with E-state index in [0.717, 1.165) is 25.3 Å². The number of amides is 2. The van der Waals surface area contributed by atoms with E-state index in [1.165, 1.54) is 0 Å². The molecule has 0 atom stereocenters. The van der Waals surface area contributed by atoms with Crippen molar-refractivity contribution in [3.8, 4) is 0 Å². The van der Waals surface area contributed by atoms with E-state index in [1.54, 1.807) is 0 Å². The minimum Gasteiger partial charge on any atom is -0.347 e. The fourth-order valence-electron chi connectivity index (χ4n) is 1.62. The Morgan fingerprint density at radius 3 is 2.43 bits per heavy atom. The normalized spacial score (nSPS) is 10.3. The van der Waals surface area contributed by atoms with Crippen molar-refractivity contribution in [3.05, 3.63) is 29.6 Å². The van der Waals surface area contributed by atoms with Gasteiger partial charge < -0.3 is 10.6 Å². The van der Waals surface area contributed by atoms with Gasteiger partial charge in [0.05, 0.1) is 12.2 Å². The number of benzene rings is 1. The number of hydrogen-bond acceptors (Lipinski definition) is 2. The number of unbranched alkanes of at least 4 members (excludes halogenated alkanes) is 2. The number of carbonyl (C=O) groups excluding carboxylic acids is 2. The molecule has 0 saturated carbocycles. The second kappa shape index (κ2) is 8.28. The molecule has 0 aliphatic rings. The van der Waals surface area contributed by atoms with E-state index in [-0.39, 0.29) is 12.5 Å². The monoisotopic (exact) mass is 302 g/mol. The molecule has 0 aliphatic carbocycles. The second-order valence-electron chi connectivity index (χ2n) is 4.50. The zero-order valence-corrected chi connectivity index (χ0v) is 11.6. The molecule has 0 radical (unpaired) electrons. The van der Waals surface area contributed by atoms with Crippen LogP contribution in [0.2, 0.25) is 0 Å². The number of hydrogen-bond donors (Lipinski definition) is 2. The van der Waals surface area contributed by atoms with E-state index < -0.39 is 29.0 Å². The van der Waals surface area contributed by atoms with Crippen molar-refractivity contribution in [1.82, 2.24) is 5.32 Å². The van der Waals surface area contributed by atoms with Gasteiger partial charge in [-0.25, -0.2) is 13.2 Å². The summed E-state index contributed by atoms with van der Waals surface area (Å²) in [5.41, 5.74) is -0.473. The molecule has 21 heavy (non-hydrogen) atoms. The van der Waals surface area contributed by atoms with Crippen LogP contribution in [0.15, 0.2) is 12.1 Å². The Morgan fingerprint density at radius 1 is 1.05 bits per heavy atom. The molecule has 0 unspecified atom stereocenters. The van der Waals surface area contributed by atoms with Gasteiger partial charge in [-0.05, 0) is 18.6 Å². The minimum absolute atomic E-state index is 0.288. The van der Waals surface area contributed by atoms with Crippen LogP contribution in [0.5, 0.6) is 0 Å². The zero-order chi connectivity index (χ0) is 15.8. The lowest BCUT2D eigenvalue weighted by Crippen LogP contribution is -2.32. The molecule has 1 aromatic carbocycles. The topological polar surface area (TPSA) is 58.2 Å². The van der Waals surface area contributed by atoms with Crippen molar-refractivity contribution in [3.63, 3.8) is 0 Å². The van der Waals surface area contributed by atoms with Crippen LogP contribution >= 0.6 is 0 Å². The maximum atomic E-state index is 13.3. The van der Waals surface area contributed by atoms with Crippen LogP contribution in [-0.4, -0.2) is 18.4 Å². The lowest BCUT2D eigenvalue weighted by Gasteiger charge is -2.08. The van der Waals surface area contributed by atoms with Gasteiger partial charge in [0.1, 0.15) is 0 Å². The first-order valence-electron chi connectivity index (χ1n) is 6.65. The molecule has 0 bridgehead atoms. The van der Waals surface area contributed by atoms with E-state index >= 15 is 0 Å². The molecular formula is C14H17F3N2O2. The minimum atomic E-state index is -1.66. The lowest BCUT2D eigenvalue weighted by atomic mass is 10.2. The van der Waals surface area contributed by atoms with Crippen molar-refractivity contribution in [2.75, 3.05) is 11.9 Å². The van der Waals surface area contributed by atoms with Crippen LogP contribution in [-0.2, 0) is 9.59 Å². The zero-order valence-electron chi connectivity index (χ0n) is 11.6. The van der Waals surface area contributed by atoms with Crippen molar-refractivity contribution in [2.45, 2.75) is 32.6 Å². The molecule has 0 heterocycles. The molecule has 0 aliphatic heterocycles. The van der Waals surface area contributed by atoms with Crippen molar-refractivity contribution in [2.24, 2.45) is 0 Å². The number of carbonyl (C=O) groups is 2. The van der Waals surface area contributed by atoms with Crippen LogP contribution in [0.25, 0.3) is 0 Å². The summed E-state index contributed by atoms with van der Waals surface area (Å²) in [5, 5.41) is 4.43. The van der Waals surface area contributed by atoms with Crippen molar-refractivity contribution >= 4 is 17.5 Å². The largest absolute Gasteiger partial charge is 0.347 e. The van der Waals surface area contributed by atoms with Crippen LogP contribution in [0.3, 0.4) is 0 Å². The predicted octanol–water partition coefficient (Wildman–Crippen LogP) is 2.74. The first kappa shape index (κ1) is 17.0. The highest BCUT2D eigenvalue weighted by Crippen LogP contribution is 2.19. The summed E-state index contributed by atoms with van der Waals surface area (Å²) in [7, 11) is 0. The summed E-state index contributed by atoms with van der Waals surface area (Å²) < 4.78 is 39.0. The van der Waals surface area contributed by atoms with E-state index in [2.05, 4.69) is 10.6 Å². The van der Waals surface area contributed by atoms with Gasteiger partial charge in [0.25, 0.3) is 0 Å². The SMILES string of the molecule is CCCCCC(=O)NCC(=O)Nc1ccc(F)c(F)c1F. The molecule has 116 valence electrons. The van der Waals surface area contributed by atoms with Crippen LogP contribution in [0, 0.1) is 17.5 Å². The van der Waals surface area contributed by atoms with Gasteiger partial charge in [0, 0.05) is 6.42 Å². The van der Waals surface area contributed by atoms with Crippen molar-refractivity contribution < 1.29 is 22.8 Å². The fraction of sp³-hybridized carbons (Fsp3) is 0.429. The lowest BCUT2D eigenvalue weighted by molar-refractivity contribution is -0.124. The van der Waals surface area contributed by atoms with E-state index in [1.807, 2.05) is 6.92 Å². The summed E-state index contributed by atoms with van der Waals surface area (Å²) in [6, 6.07) is 1.62. The average molecular weight is 302 g/mol. The average Bonchev–Trinajstić information content (AvgIpc) is 2.46. The predicted molar refractivity (Wildman–Crippen MR) is 72.1 cm³/mol. The summed E-state index contributed by atoms with van der Waals surface area (Å²) in [5.74, 6) is -5.48. The molecule has 0 fully saturated rings. The third-order valence-corrected chi connectivity index (χ3v) is 2.76. The van der Waals surface area contributed by atoms with Gasteiger partial charge in [-0.1, -0.05) is 19.8 Å². The number of rotatable bonds is 7. The van der Waals surface area contributed by atoms with Crippen molar-refractivity contribution in [1.29, 1.82) is 0 Å². The highest BCUT2D eigenvalue weighted by Gasteiger charge is 2.15. The summed E-state index contributed by atoms with van der Waals surface area (Å²) >= 11 is 0. The number of halogens is 3. The standard InChI is InChI=1S/C14H17F3N2O2/c1-2-3-4-5-11(20)18-8-12(21)19-10-7-6-9(15)13(16)14(10)17/h6-7H,2-5,8H2,1H3,(H,18,20)(H,19,21). The van der Waals surface area contributed by atoms with E-state index in [4.69, 9.17) is 0 Å². The van der Waals surface area contributed by atoms with Crippen LogP contribution < -0.4 is 10.6 Å². The number of anilines is 1. The van der Waals surface area contributed by atoms with E-state index in [9.17, 15) is 22.8 Å². The molecule has 0 saturated heterocycles. The first-order chi connectivity index (χ1) is 9.95. The first-order valence-corrected chi connectivity index (χ1v) is 6.65. The number of nitrogens with one attached hydrogen (secondary N) is 2. The Bertz CT molecular complexity index is 521. The molecule has 2 amide bonds. The Kier molecular flexibility index (Phi) is 6.71. The van der Waals surface area contributed by atoms with Gasteiger partial charge >= 0.3 is 0 Å². The molecular weight excluding hydrogens is 285 g/mol. The van der Waals surface area contributed by atoms with Crippen LogP contribution in [0.4, 0.5) is 18.9 Å². The fourth-order valence-corrected chi connectivity index (χ4v) is 1.62. The van der Waals surface area contributed by atoms with Gasteiger partial charge in [-0.3, -0.25) is 9.59 Å². The molecule has 4 nitrogen and oxygen atoms in total. The summed E-state index contributed by atoms with van der Waals surface area (Å²) in [6.45, 7) is 1.64. The third kappa shape index (κ3) is 5.45. The quantitative estimate of drug-likeness (QED) is 0.601. The highest BCUT2D eigenvalue weighted by atomic mass is 19.2. The third-order valence-electron chi connectivity index (χ3n) is 2.76. The molecule has 7 heteroatoms. The highest BCUT2D eigenvalue weighted by molar-refractivity contribution is 5.94. The molecule has 0 spiro atoms. The van der Waals surface area contributed by atoms with E-state index in [0.29, 0.717) is 12.5 Å². The van der Waals surface area contributed by atoms with Gasteiger partial charge in [0.2, 0.25) is 11.8 Å². The molecule has 0 aromatic heterocycles. The Labute approximate surface area is 120 Å². The summed E-state index contributed by atoms with van der Waals surface area (Å²) in [6.07, 6.45) is 2.92.